The summed E-state index contributed by atoms with van der Waals surface area (Å²) in [6.45, 7) is 4.82. The molecule has 1 fully saturated rings. The van der Waals surface area contributed by atoms with Crippen molar-refractivity contribution >= 4 is 10.0 Å². The lowest BCUT2D eigenvalue weighted by Gasteiger charge is -2.26. The van der Waals surface area contributed by atoms with Gasteiger partial charge in [0.15, 0.2) is 0 Å². The van der Waals surface area contributed by atoms with Gasteiger partial charge < -0.3 is 0 Å². The maximum atomic E-state index is 12.3. The van der Waals surface area contributed by atoms with E-state index in [1.165, 1.54) is 5.56 Å². The normalized spacial score (nSPS) is 22.4. The molecule has 0 amide bonds. The fraction of sp³-hybridized carbons (Fsp3) is 0.600. The molecule has 3 nitrogen and oxygen atoms in total. The Bertz CT molecular complexity index is 496. The molecule has 2 rings (SSSR count). The Labute approximate surface area is 116 Å². The standard InChI is InChI=1S/C15H23NO2S/c1-13(2)19(17,18)16-11-7-6-10-15(12-16)14-8-4-3-5-9-14/h3-5,8-9,13,15H,6-7,10-12H2,1-2H3. The van der Waals surface area contributed by atoms with E-state index in [2.05, 4.69) is 12.1 Å². The minimum atomic E-state index is -3.13. The summed E-state index contributed by atoms with van der Waals surface area (Å²) in [5.41, 5.74) is 1.26. The van der Waals surface area contributed by atoms with Crippen molar-refractivity contribution in [2.75, 3.05) is 13.1 Å². The van der Waals surface area contributed by atoms with Crippen LogP contribution < -0.4 is 0 Å². The third kappa shape index (κ3) is 3.37. The fourth-order valence-electron chi connectivity index (χ4n) is 2.63. The number of rotatable bonds is 3. The van der Waals surface area contributed by atoms with Crippen LogP contribution in [0.2, 0.25) is 0 Å². The third-order valence-electron chi connectivity index (χ3n) is 3.86. The van der Waals surface area contributed by atoms with Crippen molar-refractivity contribution in [2.45, 2.75) is 44.3 Å². The SMILES string of the molecule is CC(C)S(=O)(=O)N1CCCCC(c2ccccc2)C1. The van der Waals surface area contributed by atoms with Gasteiger partial charge in [-0.05, 0) is 38.2 Å². The van der Waals surface area contributed by atoms with Gasteiger partial charge in [0.1, 0.15) is 0 Å². The zero-order valence-electron chi connectivity index (χ0n) is 11.7. The van der Waals surface area contributed by atoms with Gasteiger partial charge in [-0.3, -0.25) is 0 Å². The molecule has 19 heavy (non-hydrogen) atoms. The van der Waals surface area contributed by atoms with Gasteiger partial charge in [-0.25, -0.2) is 12.7 Å². The first-order chi connectivity index (χ1) is 9.01. The van der Waals surface area contributed by atoms with Crippen LogP contribution in [-0.2, 0) is 10.0 Å². The van der Waals surface area contributed by atoms with E-state index in [4.69, 9.17) is 0 Å². The van der Waals surface area contributed by atoms with Gasteiger partial charge in [0, 0.05) is 13.1 Å². The van der Waals surface area contributed by atoms with Gasteiger partial charge in [0.05, 0.1) is 5.25 Å². The smallest absolute Gasteiger partial charge is 0.212 e. The molecule has 0 aliphatic carbocycles. The second kappa shape index (κ2) is 6.06. The van der Waals surface area contributed by atoms with Crippen LogP contribution in [0.3, 0.4) is 0 Å². The first kappa shape index (κ1) is 14.5. The summed E-state index contributed by atoms with van der Waals surface area (Å²) in [6, 6.07) is 10.3. The van der Waals surface area contributed by atoms with Gasteiger partial charge in [0.2, 0.25) is 10.0 Å². The molecule has 0 saturated carbocycles. The molecular weight excluding hydrogens is 258 g/mol. The quantitative estimate of drug-likeness (QED) is 0.854. The van der Waals surface area contributed by atoms with E-state index in [1.54, 1.807) is 18.2 Å². The van der Waals surface area contributed by atoms with Gasteiger partial charge in [-0.2, -0.15) is 0 Å². The largest absolute Gasteiger partial charge is 0.216 e. The van der Waals surface area contributed by atoms with E-state index in [0.717, 1.165) is 19.3 Å². The molecule has 1 aliphatic rings. The Morgan fingerprint density at radius 2 is 1.84 bits per heavy atom. The van der Waals surface area contributed by atoms with E-state index in [0.29, 0.717) is 19.0 Å². The molecule has 0 aromatic heterocycles. The second-order valence-corrected chi connectivity index (χ2v) is 8.04. The summed E-state index contributed by atoms with van der Waals surface area (Å²) in [5, 5.41) is -0.331. The molecule has 1 aliphatic heterocycles. The maximum absolute atomic E-state index is 12.3. The molecule has 4 heteroatoms. The average Bonchev–Trinajstić information content (AvgIpc) is 2.65. The van der Waals surface area contributed by atoms with Gasteiger partial charge in [0.25, 0.3) is 0 Å². The molecular formula is C15H23NO2S. The summed E-state index contributed by atoms with van der Waals surface area (Å²) in [4.78, 5) is 0. The highest BCUT2D eigenvalue weighted by atomic mass is 32.2. The van der Waals surface area contributed by atoms with Crippen LogP contribution in [0.15, 0.2) is 30.3 Å². The van der Waals surface area contributed by atoms with Crippen molar-refractivity contribution in [2.24, 2.45) is 0 Å². The minimum absolute atomic E-state index is 0.331. The Balaban J connectivity index is 2.20. The summed E-state index contributed by atoms with van der Waals surface area (Å²) in [5.74, 6) is 0.331. The van der Waals surface area contributed by atoms with Crippen molar-refractivity contribution in [1.82, 2.24) is 4.31 Å². The highest BCUT2D eigenvalue weighted by molar-refractivity contribution is 7.89. The van der Waals surface area contributed by atoms with Crippen molar-refractivity contribution in [1.29, 1.82) is 0 Å². The Morgan fingerprint density at radius 1 is 1.16 bits per heavy atom. The van der Waals surface area contributed by atoms with Crippen LogP contribution in [0.5, 0.6) is 0 Å². The number of hydrogen-bond acceptors (Lipinski definition) is 2. The molecule has 0 spiro atoms. The topological polar surface area (TPSA) is 37.4 Å². The van der Waals surface area contributed by atoms with Crippen LogP contribution in [0.25, 0.3) is 0 Å². The highest BCUT2D eigenvalue weighted by Crippen LogP contribution is 2.28. The van der Waals surface area contributed by atoms with Crippen LogP contribution in [0, 0.1) is 0 Å². The lowest BCUT2D eigenvalue weighted by molar-refractivity contribution is 0.401. The lowest BCUT2D eigenvalue weighted by atomic mass is 9.95. The summed E-state index contributed by atoms with van der Waals surface area (Å²) in [6.07, 6.45) is 3.15. The van der Waals surface area contributed by atoms with Crippen molar-refractivity contribution in [3.8, 4) is 0 Å². The van der Waals surface area contributed by atoms with Crippen LogP contribution in [-0.4, -0.2) is 31.1 Å². The fourth-order valence-corrected chi connectivity index (χ4v) is 4.00. The zero-order chi connectivity index (χ0) is 13.9. The molecule has 1 saturated heterocycles. The Hall–Kier alpha value is -0.870. The average molecular weight is 281 g/mol. The minimum Gasteiger partial charge on any atom is -0.212 e. The Morgan fingerprint density at radius 3 is 2.47 bits per heavy atom. The molecule has 1 aromatic rings. The third-order valence-corrected chi connectivity index (χ3v) is 6.10. The van der Waals surface area contributed by atoms with Gasteiger partial charge >= 0.3 is 0 Å². The molecule has 1 heterocycles. The molecule has 106 valence electrons. The van der Waals surface area contributed by atoms with Crippen molar-refractivity contribution in [3.05, 3.63) is 35.9 Å². The van der Waals surface area contributed by atoms with Crippen molar-refractivity contribution in [3.63, 3.8) is 0 Å². The van der Waals surface area contributed by atoms with Crippen molar-refractivity contribution < 1.29 is 8.42 Å². The molecule has 0 N–H and O–H groups in total. The first-order valence-corrected chi connectivity index (χ1v) is 8.56. The molecule has 1 atom stereocenters. The maximum Gasteiger partial charge on any atom is 0.216 e. The predicted molar refractivity (Wildman–Crippen MR) is 78.7 cm³/mol. The van der Waals surface area contributed by atoms with Gasteiger partial charge in [-0.15, -0.1) is 0 Å². The summed E-state index contributed by atoms with van der Waals surface area (Å²) in [7, 11) is -3.13. The summed E-state index contributed by atoms with van der Waals surface area (Å²) < 4.78 is 26.4. The Kier molecular flexibility index (Phi) is 4.63. The van der Waals surface area contributed by atoms with Crippen LogP contribution in [0.4, 0.5) is 0 Å². The zero-order valence-corrected chi connectivity index (χ0v) is 12.6. The number of benzene rings is 1. The van der Waals surface area contributed by atoms with Crippen LogP contribution >= 0.6 is 0 Å². The van der Waals surface area contributed by atoms with E-state index in [1.807, 2.05) is 18.2 Å². The summed E-state index contributed by atoms with van der Waals surface area (Å²) >= 11 is 0. The highest BCUT2D eigenvalue weighted by Gasteiger charge is 2.30. The van der Waals surface area contributed by atoms with E-state index in [-0.39, 0.29) is 5.25 Å². The van der Waals surface area contributed by atoms with Crippen LogP contribution in [0.1, 0.15) is 44.6 Å². The number of sulfonamides is 1. The van der Waals surface area contributed by atoms with E-state index in [9.17, 15) is 8.42 Å². The van der Waals surface area contributed by atoms with E-state index < -0.39 is 10.0 Å². The number of hydrogen-bond donors (Lipinski definition) is 0. The molecule has 1 unspecified atom stereocenters. The predicted octanol–water partition coefficient (Wildman–Crippen LogP) is 2.99. The molecule has 0 radical (unpaired) electrons. The van der Waals surface area contributed by atoms with Gasteiger partial charge in [-0.1, -0.05) is 36.8 Å². The lowest BCUT2D eigenvalue weighted by Crippen LogP contribution is -2.38. The molecule has 1 aromatic carbocycles. The second-order valence-electron chi connectivity index (χ2n) is 5.56. The van der Waals surface area contributed by atoms with E-state index >= 15 is 0 Å². The first-order valence-electron chi connectivity index (χ1n) is 7.05. The molecule has 0 bridgehead atoms. The number of nitrogens with zero attached hydrogens (tertiary/aromatic N) is 1. The monoisotopic (exact) mass is 281 g/mol.